The number of para-hydroxylation sites is 2. The maximum absolute atomic E-state index is 13.0. The summed E-state index contributed by atoms with van der Waals surface area (Å²) in [4.78, 5) is 12.1. The third-order valence-corrected chi connectivity index (χ3v) is 3.92. The van der Waals surface area contributed by atoms with E-state index in [-0.39, 0.29) is 17.2 Å². The van der Waals surface area contributed by atoms with E-state index in [1.807, 2.05) is 0 Å². The number of aromatic hydroxyl groups is 2. The van der Waals surface area contributed by atoms with Crippen LogP contribution in [0.2, 0.25) is 0 Å². The Labute approximate surface area is 166 Å². The molecule has 0 fully saturated rings. The molecule has 0 saturated carbocycles. The number of allylic oxidation sites excluding steroid dienone is 1. The summed E-state index contributed by atoms with van der Waals surface area (Å²) in [6, 6.07) is 17.9. The summed E-state index contributed by atoms with van der Waals surface area (Å²) >= 11 is 0. The first kappa shape index (κ1) is 19.6. The number of carbonyl (C=O) groups excluding carboxylic acids is 1. The summed E-state index contributed by atoms with van der Waals surface area (Å²) in [7, 11) is 0. The summed E-state index contributed by atoms with van der Waals surface area (Å²) in [5, 5.41) is 26.6. The summed E-state index contributed by atoms with van der Waals surface area (Å²) < 4.78 is 13.0. The third-order valence-electron chi connectivity index (χ3n) is 3.92. The Kier molecular flexibility index (Phi) is 6.22. The lowest BCUT2D eigenvalue weighted by Crippen LogP contribution is -2.25. The van der Waals surface area contributed by atoms with Gasteiger partial charge in [0.15, 0.2) is 0 Å². The van der Waals surface area contributed by atoms with Crippen molar-refractivity contribution in [1.82, 2.24) is 5.43 Å². The molecule has 3 aromatic rings. The second-order valence-electron chi connectivity index (χ2n) is 5.98. The zero-order valence-electron chi connectivity index (χ0n) is 15.2. The van der Waals surface area contributed by atoms with Gasteiger partial charge in [0, 0.05) is 16.8 Å². The van der Waals surface area contributed by atoms with Gasteiger partial charge in [0.05, 0.1) is 5.71 Å². The van der Waals surface area contributed by atoms with Crippen molar-refractivity contribution < 1.29 is 19.4 Å². The van der Waals surface area contributed by atoms with Gasteiger partial charge >= 0.3 is 6.03 Å². The van der Waals surface area contributed by atoms with Gasteiger partial charge in [-0.1, -0.05) is 30.3 Å². The molecule has 0 atom stereocenters. The van der Waals surface area contributed by atoms with Crippen molar-refractivity contribution in [1.29, 1.82) is 0 Å². The smallest absolute Gasteiger partial charge is 0.339 e. The van der Waals surface area contributed by atoms with Crippen LogP contribution in [0.4, 0.5) is 14.9 Å². The molecule has 146 valence electrons. The second kappa shape index (κ2) is 9.18. The lowest BCUT2D eigenvalue weighted by molar-refractivity contribution is 0.252. The van der Waals surface area contributed by atoms with Crippen LogP contribution in [0.25, 0.3) is 6.08 Å². The lowest BCUT2D eigenvalue weighted by atomic mass is 10.1. The zero-order valence-corrected chi connectivity index (χ0v) is 15.2. The van der Waals surface area contributed by atoms with Crippen molar-refractivity contribution in [3.8, 4) is 11.5 Å². The van der Waals surface area contributed by atoms with E-state index in [0.29, 0.717) is 16.8 Å². The molecule has 3 aromatic carbocycles. The number of nitrogens with zero attached hydrogens (tertiary/aromatic N) is 1. The normalized spacial score (nSPS) is 11.4. The van der Waals surface area contributed by atoms with Crippen LogP contribution >= 0.6 is 0 Å². The Hall–Kier alpha value is -4.13. The number of nitrogens with one attached hydrogen (secondary N) is 2. The molecule has 4 N–H and O–H groups in total. The van der Waals surface area contributed by atoms with Gasteiger partial charge in [-0.25, -0.2) is 14.6 Å². The molecular weight excluding hydrogens is 373 g/mol. The van der Waals surface area contributed by atoms with E-state index in [1.165, 1.54) is 30.3 Å². The standard InChI is InChI=1S/C22H18FN3O3/c23-16-10-12-17(13-11-16)24-22(29)26-25-19(18-6-2-4-8-21(18)28)14-9-15-5-1-3-7-20(15)27/h1-14,27-28H,(H2,24,26,29)/b14-9+,25-19+. The van der Waals surface area contributed by atoms with Crippen molar-refractivity contribution in [2.45, 2.75) is 0 Å². The van der Waals surface area contributed by atoms with Crippen LogP contribution < -0.4 is 10.7 Å². The fourth-order valence-electron chi connectivity index (χ4n) is 2.48. The van der Waals surface area contributed by atoms with E-state index < -0.39 is 11.8 Å². The molecule has 0 aliphatic carbocycles. The maximum atomic E-state index is 13.0. The van der Waals surface area contributed by atoms with Crippen molar-refractivity contribution >= 4 is 23.5 Å². The van der Waals surface area contributed by atoms with Gasteiger partial charge < -0.3 is 15.5 Å². The highest BCUT2D eigenvalue weighted by Crippen LogP contribution is 2.20. The predicted molar refractivity (Wildman–Crippen MR) is 110 cm³/mol. The summed E-state index contributed by atoms with van der Waals surface area (Å²) in [5.41, 5.74) is 3.94. The first-order chi connectivity index (χ1) is 14.0. The van der Waals surface area contributed by atoms with Gasteiger partial charge in [0.1, 0.15) is 17.3 Å². The lowest BCUT2D eigenvalue weighted by Gasteiger charge is -2.07. The molecule has 2 amide bonds. The summed E-state index contributed by atoms with van der Waals surface area (Å²) in [6.45, 7) is 0. The molecule has 0 bridgehead atoms. The Morgan fingerprint density at radius 1 is 0.897 bits per heavy atom. The van der Waals surface area contributed by atoms with E-state index >= 15 is 0 Å². The molecule has 0 spiro atoms. The highest BCUT2D eigenvalue weighted by molar-refractivity contribution is 6.12. The molecule has 0 radical (unpaired) electrons. The minimum atomic E-state index is -0.638. The molecule has 0 aromatic heterocycles. The van der Waals surface area contributed by atoms with Gasteiger partial charge in [-0.15, -0.1) is 0 Å². The maximum Gasteiger partial charge on any atom is 0.339 e. The van der Waals surface area contributed by atoms with Crippen LogP contribution in [-0.2, 0) is 0 Å². The van der Waals surface area contributed by atoms with Crippen molar-refractivity contribution in [2.24, 2.45) is 5.10 Å². The van der Waals surface area contributed by atoms with E-state index in [2.05, 4.69) is 15.8 Å². The van der Waals surface area contributed by atoms with E-state index in [1.54, 1.807) is 54.6 Å². The summed E-state index contributed by atoms with van der Waals surface area (Å²) in [6.07, 6.45) is 3.17. The fourth-order valence-corrected chi connectivity index (χ4v) is 2.48. The predicted octanol–water partition coefficient (Wildman–Crippen LogP) is 4.48. The average Bonchev–Trinajstić information content (AvgIpc) is 2.72. The topological polar surface area (TPSA) is 94.0 Å². The van der Waals surface area contributed by atoms with Crippen molar-refractivity contribution in [3.05, 3.63) is 95.8 Å². The number of hydrazone groups is 1. The van der Waals surface area contributed by atoms with Crippen LogP contribution in [0.15, 0.2) is 84.0 Å². The molecule has 0 aliphatic rings. The minimum Gasteiger partial charge on any atom is -0.507 e. The number of urea groups is 1. The molecule has 7 heteroatoms. The molecule has 0 saturated heterocycles. The third kappa shape index (κ3) is 5.43. The Balaban J connectivity index is 1.82. The molecule has 0 heterocycles. The molecule has 0 unspecified atom stereocenters. The first-order valence-electron chi connectivity index (χ1n) is 8.67. The second-order valence-corrected chi connectivity index (χ2v) is 5.98. The number of rotatable bonds is 5. The van der Waals surface area contributed by atoms with Gasteiger partial charge in [0.2, 0.25) is 0 Å². The molecule has 0 aliphatic heterocycles. The van der Waals surface area contributed by atoms with Crippen molar-refractivity contribution in [3.63, 3.8) is 0 Å². The molecule has 3 rings (SSSR count). The van der Waals surface area contributed by atoms with E-state index in [0.717, 1.165) is 0 Å². The number of carbonyl (C=O) groups is 1. The quantitative estimate of drug-likeness (QED) is 0.382. The molecule has 6 nitrogen and oxygen atoms in total. The number of anilines is 1. The molecule has 29 heavy (non-hydrogen) atoms. The SMILES string of the molecule is O=C(N/N=C(\C=C\c1ccccc1O)c1ccccc1O)Nc1ccc(F)cc1. The highest BCUT2D eigenvalue weighted by Gasteiger charge is 2.08. The van der Waals surface area contributed by atoms with Gasteiger partial charge in [-0.05, 0) is 54.6 Å². The minimum absolute atomic E-state index is 0.0195. The van der Waals surface area contributed by atoms with Crippen LogP contribution in [0.5, 0.6) is 11.5 Å². The number of phenols is 2. The van der Waals surface area contributed by atoms with Crippen LogP contribution in [0.3, 0.4) is 0 Å². The number of hydrogen-bond acceptors (Lipinski definition) is 4. The monoisotopic (exact) mass is 391 g/mol. The first-order valence-corrected chi connectivity index (χ1v) is 8.67. The van der Waals surface area contributed by atoms with Crippen molar-refractivity contribution in [2.75, 3.05) is 5.32 Å². The number of halogens is 1. The Morgan fingerprint density at radius 2 is 1.55 bits per heavy atom. The van der Waals surface area contributed by atoms with Crippen LogP contribution in [0.1, 0.15) is 11.1 Å². The largest absolute Gasteiger partial charge is 0.507 e. The number of amides is 2. The fraction of sp³-hybridized carbons (Fsp3) is 0. The van der Waals surface area contributed by atoms with Gasteiger partial charge in [-0.2, -0.15) is 5.10 Å². The number of phenolic OH excluding ortho intramolecular Hbond substituents is 2. The number of benzene rings is 3. The van der Waals surface area contributed by atoms with E-state index in [9.17, 15) is 19.4 Å². The summed E-state index contributed by atoms with van der Waals surface area (Å²) in [5.74, 6) is -0.346. The van der Waals surface area contributed by atoms with Crippen LogP contribution in [-0.4, -0.2) is 22.0 Å². The molecular formula is C22H18FN3O3. The highest BCUT2D eigenvalue weighted by atomic mass is 19.1. The number of hydrogen-bond donors (Lipinski definition) is 4. The Morgan fingerprint density at radius 3 is 2.24 bits per heavy atom. The zero-order chi connectivity index (χ0) is 20.6. The van der Waals surface area contributed by atoms with Gasteiger partial charge in [-0.3, -0.25) is 0 Å². The average molecular weight is 391 g/mol. The van der Waals surface area contributed by atoms with E-state index in [4.69, 9.17) is 0 Å². The van der Waals surface area contributed by atoms with Gasteiger partial charge in [0.25, 0.3) is 0 Å². The Bertz CT molecular complexity index is 1060. The van der Waals surface area contributed by atoms with Crippen LogP contribution in [0, 0.1) is 5.82 Å².